The van der Waals surface area contributed by atoms with E-state index < -0.39 is 0 Å². The summed E-state index contributed by atoms with van der Waals surface area (Å²) in [5, 5.41) is 2.73. The molecule has 0 heterocycles. The van der Waals surface area contributed by atoms with E-state index in [4.69, 9.17) is 10.5 Å². The van der Waals surface area contributed by atoms with E-state index in [1.807, 2.05) is 12.1 Å². The zero-order chi connectivity index (χ0) is 15.4. The molecule has 3 N–H and O–H groups in total. The van der Waals surface area contributed by atoms with Crippen LogP contribution < -0.4 is 15.8 Å². The van der Waals surface area contributed by atoms with E-state index in [-0.39, 0.29) is 12.5 Å². The predicted molar refractivity (Wildman–Crippen MR) is 94.5 cm³/mol. The molecule has 0 aliphatic heterocycles. The molecule has 2 aromatic carbocycles. The number of nitrogens with two attached hydrogens (primary N) is 1. The maximum absolute atomic E-state index is 11.9. The van der Waals surface area contributed by atoms with Crippen LogP contribution >= 0.6 is 47.8 Å². The van der Waals surface area contributed by atoms with Gasteiger partial charge in [-0.15, -0.1) is 0 Å². The Morgan fingerprint density at radius 2 is 1.67 bits per heavy atom. The lowest BCUT2D eigenvalue weighted by molar-refractivity contribution is -0.118. The lowest BCUT2D eigenvalue weighted by Crippen LogP contribution is -2.20. The normalized spacial score (nSPS) is 10.2. The van der Waals surface area contributed by atoms with Crippen LogP contribution in [0.25, 0.3) is 0 Å². The summed E-state index contributed by atoms with van der Waals surface area (Å²) >= 11 is 10.2. The van der Waals surface area contributed by atoms with E-state index in [2.05, 4.69) is 53.1 Å². The molecule has 0 aromatic heterocycles. The van der Waals surface area contributed by atoms with Crippen LogP contribution in [0.2, 0.25) is 0 Å². The predicted octanol–water partition coefficient (Wildman–Crippen LogP) is 4.57. The van der Waals surface area contributed by atoms with Gasteiger partial charge in [-0.25, -0.2) is 0 Å². The Morgan fingerprint density at radius 3 is 2.24 bits per heavy atom. The molecular formula is C14H11Br3N2O2. The molecule has 0 radical (unpaired) electrons. The van der Waals surface area contributed by atoms with E-state index in [9.17, 15) is 4.79 Å². The van der Waals surface area contributed by atoms with Crippen molar-refractivity contribution in [3.63, 3.8) is 0 Å². The lowest BCUT2D eigenvalue weighted by Gasteiger charge is -2.11. The van der Waals surface area contributed by atoms with Gasteiger partial charge < -0.3 is 15.8 Å². The number of rotatable bonds is 4. The number of carbonyl (C=O) groups excluding carboxylic acids is 1. The summed E-state index contributed by atoms with van der Waals surface area (Å²) in [5.74, 6) is 0.326. The van der Waals surface area contributed by atoms with E-state index in [1.165, 1.54) is 0 Å². The molecule has 0 atom stereocenters. The summed E-state index contributed by atoms with van der Waals surface area (Å²) in [6.45, 7) is -0.0940. The van der Waals surface area contributed by atoms with Crippen LogP contribution in [0.15, 0.2) is 49.8 Å². The number of hydrogen-bond acceptors (Lipinski definition) is 3. The Balaban J connectivity index is 1.97. The summed E-state index contributed by atoms with van der Waals surface area (Å²) in [7, 11) is 0. The number of amides is 1. The van der Waals surface area contributed by atoms with Gasteiger partial charge in [0.25, 0.3) is 5.91 Å². The Morgan fingerprint density at radius 1 is 1.10 bits per heavy atom. The third-order valence-electron chi connectivity index (χ3n) is 2.51. The summed E-state index contributed by atoms with van der Waals surface area (Å²) < 4.78 is 7.94. The number of nitrogens with one attached hydrogen (secondary N) is 1. The summed E-state index contributed by atoms with van der Waals surface area (Å²) in [6.07, 6.45) is 0. The minimum absolute atomic E-state index is 0.0940. The van der Waals surface area contributed by atoms with Gasteiger partial charge in [0.15, 0.2) is 6.61 Å². The lowest BCUT2D eigenvalue weighted by atomic mass is 10.3. The number of anilines is 2. The SMILES string of the molecule is Nc1ccc(NC(=O)COc2c(Br)cc(Br)cc2Br)cc1. The third kappa shape index (κ3) is 4.72. The first kappa shape index (κ1) is 16.3. The van der Waals surface area contributed by atoms with Crippen LogP contribution in [0, 0.1) is 0 Å². The van der Waals surface area contributed by atoms with Crippen molar-refractivity contribution in [1.82, 2.24) is 0 Å². The molecule has 2 aromatic rings. The van der Waals surface area contributed by atoms with Gasteiger partial charge in [-0.2, -0.15) is 0 Å². The zero-order valence-electron chi connectivity index (χ0n) is 10.7. The van der Waals surface area contributed by atoms with Crippen molar-refractivity contribution in [2.24, 2.45) is 0 Å². The van der Waals surface area contributed by atoms with Gasteiger partial charge >= 0.3 is 0 Å². The second-order valence-corrected chi connectivity index (χ2v) is 6.78. The van der Waals surface area contributed by atoms with Crippen LogP contribution in [0.5, 0.6) is 5.75 Å². The van der Waals surface area contributed by atoms with Gasteiger partial charge in [0.1, 0.15) is 5.75 Å². The standard InChI is InChI=1S/C14H11Br3N2O2/c15-8-5-11(16)14(12(17)6-8)21-7-13(20)19-10-3-1-9(18)2-4-10/h1-6H,7,18H2,(H,19,20). The van der Waals surface area contributed by atoms with Crippen molar-refractivity contribution in [1.29, 1.82) is 0 Å². The third-order valence-corrected chi connectivity index (χ3v) is 4.14. The highest BCUT2D eigenvalue weighted by atomic mass is 79.9. The molecule has 110 valence electrons. The van der Waals surface area contributed by atoms with Gasteiger partial charge in [0, 0.05) is 15.8 Å². The van der Waals surface area contributed by atoms with Crippen LogP contribution in [-0.4, -0.2) is 12.5 Å². The summed E-state index contributed by atoms with van der Waals surface area (Å²) in [5.41, 5.74) is 6.90. The number of benzene rings is 2. The minimum atomic E-state index is -0.249. The summed E-state index contributed by atoms with van der Waals surface area (Å²) in [6, 6.07) is 10.6. The second kappa shape index (κ2) is 7.29. The fraction of sp³-hybridized carbons (Fsp3) is 0.0714. The van der Waals surface area contributed by atoms with Crippen LogP contribution in [0.1, 0.15) is 0 Å². The Kier molecular flexibility index (Phi) is 5.66. The van der Waals surface area contributed by atoms with Crippen molar-refractivity contribution in [2.75, 3.05) is 17.7 Å². The fourth-order valence-corrected chi connectivity index (χ4v) is 4.06. The molecule has 21 heavy (non-hydrogen) atoms. The topological polar surface area (TPSA) is 64.3 Å². The second-order valence-electron chi connectivity index (χ2n) is 4.16. The Labute approximate surface area is 147 Å². The Hall–Kier alpha value is -1.05. The van der Waals surface area contributed by atoms with Gasteiger partial charge in [-0.1, -0.05) is 15.9 Å². The first-order chi connectivity index (χ1) is 9.95. The van der Waals surface area contributed by atoms with Gasteiger partial charge in [0.2, 0.25) is 0 Å². The molecular weight excluding hydrogens is 468 g/mol. The fourth-order valence-electron chi connectivity index (χ4n) is 1.57. The molecule has 0 aliphatic carbocycles. The highest BCUT2D eigenvalue weighted by molar-refractivity contribution is 9.11. The molecule has 0 saturated carbocycles. The molecule has 4 nitrogen and oxygen atoms in total. The highest BCUT2D eigenvalue weighted by Crippen LogP contribution is 2.36. The average Bonchev–Trinajstić information content (AvgIpc) is 2.40. The van der Waals surface area contributed by atoms with Crippen LogP contribution in [0.4, 0.5) is 11.4 Å². The first-order valence-electron chi connectivity index (χ1n) is 5.88. The van der Waals surface area contributed by atoms with Crippen molar-refractivity contribution in [3.05, 3.63) is 49.8 Å². The van der Waals surface area contributed by atoms with Crippen molar-refractivity contribution >= 4 is 65.1 Å². The molecule has 0 bridgehead atoms. The molecule has 0 fully saturated rings. The molecule has 1 amide bonds. The zero-order valence-corrected chi connectivity index (χ0v) is 15.5. The van der Waals surface area contributed by atoms with Gasteiger partial charge in [-0.3, -0.25) is 4.79 Å². The molecule has 7 heteroatoms. The smallest absolute Gasteiger partial charge is 0.262 e. The van der Waals surface area contributed by atoms with Crippen molar-refractivity contribution in [2.45, 2.75) is 0 Å². The number of ether oxygens (including phenoxy) is 1. The van der Waals surface area contributed by atoms with Gasteiger partial charge in [-0.05, 0) is 68.3 Å². The largest absolute Gasteiger partial charge is 0.481 e. The number of hydrogen-bond donors (Lipinski definition) is 2. The highest BCUT2D eigenvalue weighted by Gasteiger charge is 2.10. The van der Waals surface area contributed by atoms with E-state index in [0.29, 0.717) is 17.1 Å². The van der Waals surface area contributed by atoms with E-state index >= 15 is 0 Å². The monoisotopic (exact) mass is 476 g/mol. The van der Waals surface area contributed by atoms with Crippen LogP contribution in [0.3, 0.4) is 0 Å². The molecule has 2 rings (SSSR count). The average molecular weight is 479 g/mol. The Bertz CT molecular complexity index is 637. The number of nitrogen functional groups attached to an aromatic ring is 1. The first-order valence-corrected chi connectivity index (χ1v) is 8.26. The van der Waals surface area contributed by atoms with Crippen molar-refractivity contribution in [3.8, 4) is 5.75 Å². The van der Waals surface area contributed by atoms with E-state index in [1.54, 1.807) is 24.3 Å². The summed E-state index contributed by atoms with van der Waals surface area (Å²) in [4.78, 5) is 11.9. The maximum Gasteiger partial charge on any atom is 0.262 e. The molecule has 0 aliphatic rings. The minimum Gasteiger partial charge on any atom is -0.481 e. The number of carbonyl (C=O) groups is 1. The molecule has 0 saturated heterocycles. The maximum atomic E-state index is 11.9. The number of halogens is 3. The van der Waals surface area contributed by atoms with Crippen LogP contribution in [-0.2, 0) is 4.79 Å². The van der Waals surface area contributed by atoms with Crippen molar-refractivity contribution < 1.29 is 9.53 Å². The van der Waals surface area contributed by atoms with E-state index in [0.717, 1.165) is 13.4 Å². The van der Waals surface area contributed by atoms with Gasteiger partial charge in [0.05, 0.1) is 8.95 Å². The quantitative estimate of drug-likeness (QED) is 0.632. The molecule has 0 unspecified atom stereocenters. The molecule has 0 spiro atoms.